The number of hydrazone groups is 1. The number of nitrogens with zero attached hydrogens (tertiary/aromatic N) is 2. The van der Waals surface area contributed by atoms with E-state index in [1.165, 1.54) is 18.2 Å². The zero-order valence-corrected chi connectivity index (χ0v) is 22.5. The Morgan fingerprint density at radius 2 is 1.90 bits per heavy atom. The molecule has 212 valence electrons. The Labute approximate surface area is 234 Å². The van der Waals surface area contributed by atoms with E-state index in [0.29, 0.717) is 18.2 Å². The SMILES string of the molecule is CNCCO.COC(=O)Nc1cccc2c1/C(=N/Nc1cc([N+](=O)[O-])cc(S(=O)(=O)O)c1O)C(=O)C=C2.O.[Cr].[H+]. The van der Waals surface area contributed by atoms with Crippen molar-refractivity contribution in [1.82, 2.24) is 5.32 Å². The van der Waals surface area contributed by atoms with Gasteiger partial charge in [-0.3, -0.25) is 30.2 Å². The number of likely N-dealkylation sites (N-methyl/N-ethyl adjacent to an activating group) is 1. The zero-order valence-electron chi connectivity index (χ0n) is 21.4. The molecule has 0 heterocycles. The molecule has 0 aliphatic heterocycles. The van der Waals surface area contributed by atoms with Gasteiger partial charge in [-0.15, -0.1) is 0 Å². The number of nitro groups is 1. The average Bonchev–Trinajstić information content (AvgIpc) is 2.84. The molecular weight excluding hydrogens is 582 g/mol. The molecule has 1 aliphatic carbocycles. The maximum Gasteiger partial charge on any atom is 1.00 e. The van der Waals surface area contributed by atoms with Crippen LogP contribution in [-0.2, 0) is 37.0 Å². The van der Waals surface area contributed by atoms with Gasteiger partial charge < -0.3 is 25.7 Å². The van der Waals surface area contributed by atoms with E-state index in [2.05, 4.69) is 25.9 Å². The maximum atomic E-state index is 12.5. The fourth-order valence-electron chi connectivity index (χ4n) is 2.93. The van der Waals surface area contributed by atoms with E-state index in [4.69, 9.17) is 5.11 Å². The molecule has 16 nitrogen and oxygen atoms in total. The number of hydrogen-bond acceptors (Lipinski definition) is 12. The first-order valence-electron chi connectivity index (χ1n) is 10.2. The van der Waals surface area contributed by atoms with Crippen LogP contribution >= 0.6 is 0 Å². The summed E-state index contributed by atoms with van der Waals surface area (Å²) in [6.45, 7) is 0.927. The van der Waals surface area contributed by atoms with Crippen LogP contribution in [0.3, 0.4) is 0 Å². The molecule has 0 radical (unpaired) electrons. The second-order valence-corrected chi connectivity index (χ2v) is 8.45. The first-order valence-corrected chi connectivity index (χ1v) is 11.7. The smallest absolute Gasteiger partial charge is 0.504 e. The second kappa shape index (κ2) is 15.5. The van der Waals surface area contributed by atoms with Crippen LogP contribution in [0.1, 0.15) is 12.6 Å². The van der Waals surface area contributed by atoms with Gasteiger partial charge in [0, 0.05) is 41.6 Å². The summed E-state index contributed by atoms with van der Waals surface area (Å²) in [5.74, 6) is -1.67. The molecule has 18 heteroatoms. The molecule has 0 bridgehead atoms. The Morgan fingerprint density at radius 1 is 1.23 bits per heavy atom. The number of non-ortho nitro benzene ring substituents is 1. The molecule has 3 rings (SSSR count). The monoisotopic (exact) mass is 608 g/mol. The molecule has 0 saturated carbocycles. The summed E-state index contributed by atoms with van der Waals surface area (Å²) in [6, 6.07) is 5.92. The molecule has 39 heavy (non-hydrogen) atoms. The van der Waals surface area contributed by atoms with Gasteiger partial charge >= 0.3 is 7.52 Å². The van der Waals surface area contributed by atoms with Gasteiger partial charge in [-0.2, -0.15) is 13.5 Å². The van der Waals surface area contributed by atoms with Gasteiger partial charge in [-0.1, -0.05) is 18.2 Å². The summed E-state index contributed by atoms with van der Waals surface area (Å²) in [7, 11) is -2.08. The number of rotatable bonds is 7. The summed E-state index contributed by atoms with van der Waals surface area (Å²) < 4.78 is 36.7. The molecule has 0 atom stereocenters. The van der Waals surface area contributed by atoms with Crippen molar-refractivity contribution in [1.29, 1.82) is 0 Å². The third-order valence-corrected chi connectivity index (χ3v) is 5.47. The predicted molar refractivity (Wildman–Crippen MR) is 137 cm³/mol. The van der Waals surface area contributed by atoms with Crippen molar-refractivity contribution in [2.45, 2.75) is 4.90 Å². The Hall–Kier alpha value is -3.89. The normalized spacial score (nSPS) is 12.6. The number of aromatic hydroxyl groups is 1. The number of carbonyl (C=O) groups excluding carboxylic acids is 2. The number of allylic oxidation sites excluding steroid dienone is 1. The van der Waals surface area contributed by atoms with Crippen LogP contribution in [0.25, 0.3) is 6.08 Å². The number of aliphatic hydroxyl groups excluding tert-OH is 1. The van der Waals surface area contributed by atoms with E-state index in [0.717, 1.165) is 13.2 Å². The summed E-state index contributed by atoms with van der Waals surface area (Å²) in [6.07, 6.45) is 1.84. The van der Waals surface area contributed by atoms with E-state index in [1.54, 1.807) is 19.2 Å². The largest absolute Gasteiger partial charge is 1.00 e. The molecule has 1 aliphatic rings. The third kappa shape index (κ3) is 9.12. The van der Waals surface area contributed by atoms with Crippen molar-refractivity contribution in [3.05, 3.63) is 57.6 Å². The van der Waals surface area contributed by atoms with Crippen LogP contribution in [0.2, 0.25) is 0 Å². The van der Waals surface area contributed by atoms with Crippen LogP contribution in [-0.4, -0.2) is 78.5 Å². The van der Waals surface area contributed by atoms with E-state index >= 15 is 0 Å². The average molecular weight is 609 g/mol. The van der Waals surface area contributed by atoms with Crippen molar-refractivity contribution in [2.75, 3.05) is 38.1 Å². The molecule has 0 saturated heterocycles. The van der Waals surface area contributed by atoms with Crippen molar-refractivity contribution >= 4 is 50.8 Å². The van der Waals surface area contributed by atoms with Gasteiger partial charge in [0.25, 0.3) is 15.8 Å². The molecule has 2 aromatic carbocycles. The topological polar surface area (TPSA) is 261 Å². The number of aliphatic hydroxyl groups is 1. The number of phenolic OH excluding ortho intramolecular Hbond substituents is 1. The van der Waals surface area contributed by atoms with Crippen LogP contribution in [0.15, 0.2) is 46.4 Å². The molecule has 0 aromatic heterocycles. The van der Waals surface area contributed by atoms with Crippen LogP contribution in [0, 0.1) is 10.1 Å². The van der Waals surface area contributed by atoms with Gasteiger partial charge in [0.15, 0.2) is 5.75 Å². The number of ketones is 1. The molecule has 0 unspecified atom stereocenters. The van der Waals surface area contributed by atoms with Gasteiger partial charge in [-0.25, -0.2) is 4.79 Å². The van der Waals surface area contributed by atoms with Gasteiger partial charge in [0.1, 0.15) is 16.3 Å². The summed E-state index contributed by atoms with van der Waals surface area (Å²) in [5.41, 5.74) is 1.44. The maximum absolute atomic E-state index is 12.5. The Morgan fingerprint density at radius 3 is 2.41 bits per heavy atom. The first kappa shape index (κ1) is 35.1. The van der Waals surface area contributed by atoms with Crippen molar-refractivity contribution in [3.63, 3.8) is 0 Å². The van der Waals surface area contributed by atoms with Crippen LogP contribution in [0.4, 0.5) is 21.9 Å². The Kier molecular flexibility index (Phi) is 14.0. The summed E-state index contributed by atoms with van der Waals surface area (Å²) >= 11 is 0. The minimum Gasteiger partial charge on any atom is -0.504 e. The molecule has 2 aromatic rings. The molecule has 0 spiro atoms. The first-order chi connectivity index (χ1) is 17.4. The Bertz CT molecular complexity index is 1390. The van der Waals surface area contributed by atoms with Crippen LogP contribution in [0.5, 0.6) is 5.75 Å². The molecular formula is C21H26CrN5O11S+. The third-order valence-electron chi connectivity index (χ3n) is 4.60. The number of nitrogens with one attached hydrogen (secondary N) is 3. The van der Waals surface area contributed by atoms with E-state index in [9.17, 15) is 37.8 Å². The fourth-order valence-corrected chi connectivity index (χ4v) is 3.55. The quantitative estimate of drug-likeness (QED) is 0.109. The number of phenols is 1. The Balaban J connectivity index is 0. The van der Waals surface area contributed by atoms with E-state index in [1.807, 2.05) is 0 Å². The number of ether oxygens (including phenoxy) is 1. The number of methoxy groups -OCH3 is 1. The second-order valence-electron chi connectivity index (χ2n) is 7.06. The van der Waals surface area contributed by atoms with Gasteiger partial charge in [0.2, 0.25) is 5.78 Å². The fraction of sp³-hybridized carbons (Fsp3) is 0.190. The van der Waals surface area contributed by atoms with Crippen molar-refractivity contribution in [2.24, 2.45) is 5.10 Å². The van der Waals surface area contributed by atoms with E-state index in [-0.39, 0.29) is 47.8 Å². The predicted octanol–water partition coefficient (Wildman–Crippen LogP) is 0.621. The minimum absolute atomic E-state index is 0. The number of carbonyl (C=O) groups is 2. The van der Waals surface area contributed by atoms with Gasteiger partial charge in [-0.05, 0) is 24.8 Å². The molecule has 8 N–H and O–H groups in total. The van der Waals surface area contributed by atoms with Gasteiger partial charge in [0.05, 0.1) is 24.3 Å². The van der Waals surface area contributed by atoms with Crippen LogP contribution < -0.4 is 16.1 Å². The number of anilines is 2. The van der Waals surface area contributed by atoms with Crippen molar-refractivity contribution < 1.29 is 66.7 Å². The molecule has 1 amide bonds. The number of fused-ring (bicyclic) bond motifs is 1. The summed E-state index contributed by atoms with van der Waals surface area (Å²) in [5, 5.41) is 38.3. The molecule has 0 fully saturated rings. The standard InChI is InChI=1S/C18H14N4O9S.C3H9NO.Cr.H2O/c1-31-18(25)19-11-4-2-3-9-5-6-13(23)16(15(9)11)21-20-12-7-10(22(26)27)8-14(17(12)24)32(28,29)30;1-4-2-3-5;;/h2-8,20,24H,1H3,(H,19,25)(H,28,29,30);4-5H,2-3H2,1H3;;1H2/p+1/b21-16+;;;. The number of nitro benzene ring substituents is 1. The zero-order chi connectivity index (χ0) is 27.8. The minimum atomic E-state index is -5.02. The van der Waals surface area contributed by atoms with Crippen molar-refractivity contribution in [3.8, 4) is 5.75 Å². The van der Waals surface area contributed by atoms with E-state index < -0.39 is 48.9 Å². The number of benzene rings is 2. The summed E-state index contributed by atoms with van der Waals surface area (Å²) in [4.78, 5) is 33.1. The number of hydrogen-bond donors (Lipinski definition) is 6. The number of amides is 1.